The second-order valence-corrected chi connectivity index (χ2v) is 4.89. The highest BCUT2D eigenvalue weighted by Gasteiger charge is 2.13. The molecule has 0 bridgehead atoms. The molecule has 0 amide bonds. The van der Waals surface area contributed by atoms with Crippen LogP contribution in [0.25, 0.3) is 0 Å². The fourth-order valence-electron chi connectivity index (χ4n) is 2.15. The number of hydrogen-bond acceptors (Lipinski definition) is 1. The van der Waals surface area contributed by atoms with Crippen molar-refractivity contribution in [2.75, 3.05) is 13.6 Å². The van der Waals surface area contributed by atoms with Crippen LogP contribution in [-0.4, -0.2) is 18.7 Å². The Labute approximate surface area is 113 Å². The molecule has 0 aliphatic rings. The summed E-state index contributed by atoms with van der Waals surface area (Å²) in [5.41, 5.74) is 2.00. The molecule has 2 atom stereocenters. The van der Waals surface area contributed by atoms with Crippen molar-refractivity contribution in [3.05, 3.63) is 71.5 Å². The molecule has 0 fully saturated rings. The van der Waals surface area contributed by atoms with E-state index in [9.17, 15) is 9.50 Å². The normalized spacial score (nSPS) is 14.1. The molecule has 2 N–H and O–H groups in total. The zero-order valence-corrected chi connectivity index (χ0v) is 11.0. The predicted octanol–water partition coefficient (Wildman–Crippen LogP) is 1.57. The quantitative estimate of drug-likeness (QED) is 0.838. The molecule has 0 spiro atoms. The van der Waals surface area contributed by atoms with Crippen molar-refractivity contribution < 1.29 is 14.4 Å². The maximum absolute atomic E-state index is 12.8. The van der Waals surface area contributed by atoms with Crippen LogP contribution in [-0.2, 0) is 6.54 Å². The maximum Gasteiger partial charge on any atom is 0.128 e. The van der Waals surface area contributed by atoms with E-state index in [1.807, 2.05) is 37.4 Å². The fraction of sp³-hybridized carbons (Fsp3) is 0.250. The zero-order chi connectivity index (χ0) is 13.7. The number of hydrogen-bond donors (Lipinski definition) is 2. The Bertz CT molecular complexity index is 498. The first-order valence-electron chi connectivity index (χ1n) is 6.44. The van der Waals surface area contributed by atoms with E-state index < -0.39 is 6.10 Å². The largest absolute Gasteiger partial charge is 0.382 e. The summed E-state index contributed by atoms with van der Waals surface area (Å²) in [4.78, 5) is 1.18. The van der Waals surface area contributed by atoms with Crippen LogP contribution in [0, 0.1) is 5.82 Å². The zero-order valence-electron chi connectivity index (χ0n) is 11.0. The summed E-state index contributed by atoms with van der Waals surface area (Å²) in [7, 11) is 2.02. The van der Waals surface area contributed by atoms with Crippen LogP contribution < -0.4 is 4.90 Å². The van der Waals surface area contributed by atoms with Gasteiger partial charge in [-0.25, -0.2) is 4.39 Å². The lowest BCUT2D eigenvalue weighted by Gasteiger charge is -2.18. The van der Waals surface area contributed by atoms with E-state index >= 15 is 0 Å². The molecule has 3 heteroatoms. The van der Waals surface area contributed by atoms with Gasteiger partial charge in [-0.15, -0.1) is 0 Å². The van der Waals surface area contributed by atoms with Gasteiger partial charge in [0.15, 0.2) is 0 Å². The van der Waals surface area contributed by atoms with E-state index in [4.69, 9.17) is 0 Å². The summed E-state index contributed by atoms with van der Waals surface area (Å²) in [5, 5.41) is 10.1. The van der Waals surface area contributed by atoms with Gasteiger partial charge in [0.1, 0.15) is 25.0 Å². The molecule has 0 saturated heterocycles. The lowest BCUT2D eigenvalue weighted by molar-refractivity contribution is -0.897. The van der Waals surface area contributed by atoms with Gasteiger partial charge in [0.25, 0.3) is 0 Å². The van der Waals surface area contributed by atoms with Gasteiger partial charge in [-0.2, -0.15) is 0 Å². The summed E-state index contributed by atoms with van der Waals surface area (Å²) in [6.45, 7) is 1.39. The van der Waals surface area contributed by atoms with E-state index in [0.717, 1.165) is 17.7 Å². The third-order valence-corrected chi connectivity index (χ3v) is 3.15. The number of rotatable bonds is 5. The molecular weight excluding hydrogens is 241 g/mol. The predicted molar refractivity (Wildman–Crippen MR) is 73.3 cm³/mol. The monoisotopic (exact) mass is 260 g/mol. The Morgan fingerprint density at radius 1 is 1.05 bits per heavy atom. The summed E-state index contributed by atoms with van der Waals surface area (Å²) < 4.78 is 12.8. The van der Waals surface area contributed by atoms with Crippen LogP contribution in [0.15, 0.2) is 54.6 Å². The Kier molecular flexibility index (Phi) is 4.66. The van der Waals surface area contributed by atoms with Gasteiger partial charge < -0.3 is 10.0 Å². The van der Waals surface area contributed by atoms with Crippen LogP contribution in [0.3, 0.4) is 0 Å². The highest BCUT2D eigenvalue weighted by Crippen LogP contribution is 2.09. The Morgan fingerprint density at radius 2 is 1.68 bits per heavy atom. The fourth-order valence-corrected chi connectivity index (χ4v) is 2.15. The van der Waals surface area contributed by atoms with Crippen LogP contribution in [0.4, 0.5) is 4.39 Å². The lowest BCUT2D eigenvalue weighted by atomic mass is 10.1. The number of halogens is 1. The number of benzene rings is 2. The van der Waals surface area contributed by atoms with Gasteiger partial charge in [-0.1, -0.05) is 42.5 Å². The standard InChI is InChI=1S/C16H18FNO/c1-18(11-13-7-9-15(17)10-8-13)12-16(19)14-5-3-2-4-6-14/h2-10,16,19H,11-12H2,1H3/p+1/t16-/m0/s1. The first-order valence-corrected chi connectivity index (χ1v) is 6.44. The molecule has 100 valence electrons. The average molecular weight is 260 g/mol. The molecule has 0 aromatic heterocycles. The van der Waals surface area contributed by atoms with Crippen LogP contribution in [0.2, 0.25) is 0 Å². The molecule has 2 nitrogen and oxygen atoms in total. The molecule has 0 saturated carbocycles. The molecule has 2 aromatic carbocycles. The van der Waals surface area contributed by atoms with Gasteiger partial charge >= 0.3 is 0 Å². The van der Waals surface area contributed by atoms with Crippen molar-refractivity contribution in [2.24, 2.45) is 0 Å². The van der Waals surface area contributed by atoms with E-state index in [0.29, 0.717) is 6.54 Å². The first kappa shape index (κ1) is 13.7. The first-order chi connectivity index (χ1) is 9.15. The number of likely N-dealkylation sites (N-methyl/N-ethyl adjacent to an activating group) is 1. The SMILES string of the molecule is C[NH+](Cc1ccc(F)cc1)C[C@H](O)c1ccccc1. The van der Waals surface area contributed by atoms with Crippen molar-refractivity contribution in [2.45, 2.75) is 12.6 Å². The van der Waals surface area contributed by atoms with Crippen molar-refractivity contribution in [3.8, 4) is 0 Å². The lowest BCUT2D eigenvalue weighted by Crippen LogP contribution is -3.08. The molecular formula is C16H19FNO+. The number of aliphatic hydroxyl groups is 1. The smallest absolute Gasteiger partial charge is 0.128 e. The van der Waals surface area contributed by atoms with Gasteiger partial charge in [0.05, 0.1) is 7.05 Å². The average Bonchev–Trinajstić information content (AvgIpc) is 2.42. The molecule has 2 aromatic rings. The highest BCUT2D eigenvalue weighted by atomic mass is 19.1. The second kappa shape index (κ2) is 6.45. The maximum atomic E-state index is 12.8. The topological polar surface area (TPSA) is 24.7 Å². The highest BCUT2D eigenvalue weighted by molar-refractivity contribution is 5.17. The van der Waals surface area contributed by atoms with Gasteiger partial charge in [-0.3, -0.25) is 0 Å². The van der Waals surface area contributed by atoms with Crippen molar-refractivity contribution in [1.29, 1.82) is 0 Å². The van der Waals surface area contributed by atoms with Crippen LogP contribution >= 0.6 is 0 Å². The summed E-state index contributed by atoms with van der Waals surface area (Å²) >= 11 is 0. The second-order valence-electron chi connectivity index (χ2n) is 4.89. The minimum absolute atomic E-state index is 0.217. The number of nitrogens with one attached hydrogen (secondary N) is 1. The van der Waals surface area contributed by atoms with Crippen LogP contribution in [0.1, 0.15) is 17.2 Å². The molecule has 2 rings (SSSR count). The third-order valence-electron chi connectivity index (χ3n) is 3.15. The van der Waals surface area contributed by atoms with Crippen LogP contribution in [0.5, 0.6) is 0 Å². The Morgan fingerprint density at radius 3 is 2.32 bits per heavy atom. The van der Waals surface area contributed by atoms with Gasteiger partial charge in [0, 0.05) is 5.56 Å². The number of aliphatic hydroxyl groups excluding tert-OH is 1. The molecule has 0 heterocycles. The molecule has 0 aliphatic heterocycles. The number of quaternary nitrogens is 1. The summed E-state index contributed by atoms with van der Waals surface area (Å²) in [5.74, 6) is -0.217. The van der Waals surface area contributed by atoms with Gasteiger partial charge in [0.2, 0.25) is 0 Å². The minimum Gasteiger partial charge on any atom is -0.382 e. The van der Waals surface area contributed by atoms with E-state index in [2.05, 4.69) is 0 Å². The molecule has 1 unspecified atom stereocenters. The van der Waals surface area contributed by atoms with E-state index in [1.54, 1.807) is 12.1 Å². The Balaban J connectivity index is 1.90. The summed E-state index contributed by atoms with van der Waals surface area (Å²) in [6, 6.07) is 16.1. The van der Waals surface area contributed by atoms with E-state index in [-0.39, 0.29) is 5.82 Å². The molecule has 0 radical (unpaired) electrons. The van der Waals surface area contributed by atoms with Gasteiger partial charge in [-0.05, 0) is 17.7 Å². The summed E-state index contributed by atoms with van der Waals surface area (Å²) in [6.07, 6.45) is -0.471. The van der Waals surface area contributed by atoms with E-state index in [1.165, 1.54) is 17.0 Å². The van der Waals surface area contributed by atoms with Crippen molar-refractivity contribution >= 4 is 0 Å². The molecule has 0 aliphatic carbocycles. The van der Waals surface area contributed by atoms with Crippen molar-refractivity contribution in [3.63, 3.8) is 0 Å². The van der Waals surface area contributed by atoms with Crippen molar-refractivity contribution in [1.82, 2.24) is 0 Å². The Hall–Kier alpha value is -1.71. The molecule has 19 heavy (non-hydrogen) atoms. The third kappa shape index (κ3) is 4.16. The minimum atomic E-state index is -0.471.